The Kier molecular flexibility index (Phi) is 4.73. The summed E-state index contributed by atoms with van der Waals surface area (Å²) in [6.45, 7) is 8.54. The van der Waals surface area contributed by atoms with Gasteiger partial charge < -0.3 is 4.74 Å². The molecule has 0 aliphatic heterocycles. The lowest BCUT2D eigenvalue weighted by molar-refractivity contribution is -0.142. The fraction of sp³-hybridized carbons (Fsp3) is 0.692. The van der Waals surface area contributed by atoms with Crippen LogP contribution in [0.3, 0.4) is 0 Å². The molecule has 0 aromatic carbocycles. The van der Waals surface area contributed by atoms with Crippen LogP contribution < -0.4 is 0 Å². The van der Waals surface area contributed by atoms with E-state index in [0.29, 0.717) is 18.9 Å². The Morgan fingerprint density at radius 3 is 2.65 bits per heavy atom. The van der Waals surface area contributed by atoms with Crippen molar-refractivity contribution >= 4 is 5.97 Å². The number of nitrogens with zero attached hydrogens (tertiary/aromatic N) is 2. The highest BCUT2D eigenvalue weighted by Crippen LogP contribution is 2.17. The molecule has 0 saturated heterocycles. The molecule has 1 heterocycles. The van der Waals surface area contributed by atoms with Crippen molar-refractivity contribution < 1.29 is 9.53 Å². The molecule has 1 aromatic heterocycles. The van der Waals surface area contributed by atoms with Gasteiger partial charge >= 0.3 is 5.97 Å². The van der Waals surface area contributed by atoms with E-state index in [0.717, 1.165) is 23.4 Å². The van der Waals surface area contributed by atoms with Gasteiger partial charge in [0.1, 0.15) is 0 Å². The Labute approximate surface area is 103 Å². The summed E-state index contributed by atoms with van der Waals surface area (Å²) in [5, 5.41) is 4.47. The van der Waals surface area contributed by atoms with Crippen molar-refractivity contribution in [3.63, 3.8) is 0 Å². The highest BCUT2D eigenvalue weighted by Gasteiger charge is 2.17. The molecule has 0 bridgehead atoms. The van der Waals surface area contributed by atoms with Crippen molar-refractivity contribution in [2.75, 3.05) is 6.61 Å². The smallest absolute Gasteiger partial charge is 0.310 e. The van der Waals surface area contributed by atoms with Crippen molar-refractivity contribution in [1.29, 1.82) is 0 Å². The zero-order valence-corrected chi connectivity index (χ0v) is 11.4. The van der Waals surface area contributed by atoms with E-state index in [4.69, 9.17) is 4.74 Å². The van der Waals surface area contributed by atoms with Crippen molar-refractivity contribution in [3.8, 4) is 0 Å². The number of aromatic nitrogens is 2. The molecule has 17 heavy (non-hydrogen) atoms. The van der Waals surface area contributed by atoms with Gasteiger partial charge in [-0.3, -0.25) is 9.48 Å². The minimum Gasteiger partial charge on any atom is -0.466 e. The highest BCUT2D eigenvalue weighted by molar-refractivity contribution is 5.73. The summed E-state index contributed by atoms with van der Waals surface area (Å²) in [4.78, 5) is 11.6. The third-order valence-corrected chi connectivity index (χ3v) is 2.77. The topological polar surface area (TPSA) is 44.1 Å². The van der Waals surface area contributed by atoms with E-state index < -0.39 is 0 Å². The molecule has 4 heteroatoms. The van der Waals surface area contributed by atoms with Gasteiger partial charge in [-0.25, -0.2) is 0 Å². The summed E-state index contributed by atoms with van der Waals surface area (Å²) in [6, 6.07) is 0. The highest BCUT2D eigenvalue weighted by atomic mass is 16.5. The first-order valence-electron chi connectivity index (χ1n) is 6.12. The molecule has 0 radical (unpaired) electrons. The number of ether oxygens (including phenoxy) is 1. The fourth-order valence-corrected chi connectivity index (χ4v) is 1.86. The van der Waals surface area contributed by atoms with Crippen LogP contribution in [-0.4, -0.2) is 22.4 Å². The first-order chi connectivity index (χ1) is 7.95. The van der Waals surface area contributed by atoms with Crippen LogP contribution in [0.5, 0.6) is 0 Å². The molecular weight excluding hydrogens is 216 g/mol. The summed E-state index contributed by atoms with van der Waals surface area (Å²) >= 11 is 0. The fourth-order valence-electron chi connectivity index (χ4n) is 1.86. The second-order valence-corrected chi connectivity index (χ2v) is 4.71. The van der Waals surface area contributed by atoms with Crippen molar-refractivity contribution in [1.82, 2.24) is 9.78 Å². The quantitative estimate of drug-likeness (QED) is 0.737. The Morgan fingerprint density at radius 2 is 2.12 bits per heavy atom. The molecule has 0 atom stereocenters. The molecule has 96 valence electrons. The van der Waals surface area contributed by atoms with Gasteiger partial charge in [-0.2, -0.15) is 5.10 Å². The van der Waals surface area contributed by atoms with Crippen LogP contribution >= 0.6 is 0 Å². The second-order valence-electron chi connectivity index (χ2n) is 4.71. The predicted octanol–water partition coefficient (Wildman–Crippen LogP) is 2.03. The summed E-state index contributed by atoms with van der Waals surface area (Å²) in [6.07, 6.45) is 1.23. The molecule has 1 aromatic rings. The minimum atomic E-state index is -0.173. The maximum atomic E-state index is 11.6. The van der Waals surface area contributed by atoms with Crippen molar-refractivity contribution in [3.05, 3.63) is 17.0 Å². The standard InChI is InChI=1S/C13H22N2O2/c1-6-17-13(16)8-11-10(4)15(5)14-12(11)7-9(2)3/h9H,6-8H2,1-5H3. The Hall–Kier alpha value is -1.32. The van der Waals surface area contributed by atoms with E-state index in [1.54, 1.807) is 0 Å². The summed E-state index contributed by atoms with van der Waals surface area (Å²) < 4.78 is 6.83. The van der Waals surface area contributed by atoms with Crippen LogP contribution in [0.1, 0.15) is 37.7 Å². The molecule has 0 aliphatic carbocycles. The summed E-state index contributed by atoms with van der Waals surface area (Å²) in [7, 11) is 1.91. The molecular formula is C13H22N2O2. The Balaban J connectivity index is 2.91. The van der Waals surface area contributed by atoms with Gasteiger partial charge in [-0.05, 0) is 26.2 Å². The maximum absolute atomic E-state index is 11.6. The van der Waals surface area contributed by atoms with E-state index in [1.807, 2.05) is 25.6 Å². The van der Waals surface area contributed by atoms with Crippen LogP contribution in [0.4, 0.5) is 0 Å². The third kappa shape index (κ3) is 3.58. The van der Waals surface area contributed by atoms with Gasteiger partial charge in [0.2, 0.25) is 0 Å². The number of carbonyl (C=O) groups excluding carboxylic acids is 1. The first kappa shape index (κ1) is 13.7. The lowest BCUT2D eigenvalue weighted by Gasteiger charge is -2.06. The van der Waals surface area contributed by atoms with E-state index in [2.05, 4.69) is 18.9 Å². The number of esters is 1. The Bertz CT molecular complexity index is 394. The normalized spacial score (nSPS) is 10.9. The third-order valence-electron chi connectivity index (χ3n) is 2.77. The van der Waals surface area contributed by atoms with Crippen LogP contribution in [-0.2, 0) is 29.4 Å². The summed E-state index contributed by atoms with van der Waals surface area (Å²) in [5.41, 5.74) is 3.10. The average Bonchev–Trinajstić information content (AvgIpc) is 2.45. The number of rotatable bonds is 5. The van der Waals surface area contributed by atoms with Gasteiger partial charge in [0.15, 0.2) is 0 Å². The minimum absolute atomic E-state index is 0.173. The van der Waals surface area contributed by atoms with E-state index in [9.17, 15) is 4.79 Å². The molecule has 0 amide bonds. The number of aryl methyl sites for hydroxylation is 1. The van der Waals surface area contributed by atoms with Crippen LogP contribution in [0.15, 0.2) is 0 Å². The molecule has 0 spiro atoms. The van der Waals surface area contributed by atoms with Gasteiger partial charge in [0, 0.05) is 18.3 Å². The molecule has 0 saturated carbocycles. The molecule has 0 unspecified atom stereocenters. The number of carbonyl (C=O) groups is 1. The lowest BCUT2D eigenvalue weighted by atomic mass is 10.0. The van der Waals surface area contributed by atoms with Crippen molar-refractivity contribution in [2.24, 2.45) is 13.0 Å². The first-order valence-corrected chi connectivity index (χ1v) is 6.12. The largest absolute Gasteiger partial charge is 0.466 e. The van der Waals surface area contributed by atoms with Gasteiger partial charge in [-0.1, -0.05) is 13.8 Å². The van der Waals surface area contributed by atoms with Crippen LogP contribution in [0.25, 0.3) is 0 Å². The molecule has 0 N–H and O–H groups in total. The molecule has 1 rings (SSSR count). The zero-order valence-electron chi connectivity index (χ0n) is 11.4. The second kappa shape index (κ2) is 5.84. The SMILES string of the molecule is CCOC(=O)Cc1c(CC(C)C)nn(C)c1C. The van der Waals surface area contributed by atoms with Gasteiger partial charge in [0.05, 0.1) is 18.7 Å². The average molecular weight is 238 g/mol. The predicted molar refractivity (Wildman–Crippen MR) is 66.8 cm³/mol. The molecule has 0 aliphatic rings. The zero-order chi connectivity index (χ0) is 13.0. The number of hydrogen-bond acceptors (Lipinski definition) is 3. The molecule has 4 nitrogen and oxygen atoms in total. The van der Waals surface area contributed by atoms with E-state index >= 15 is 0 Å². The maximum Gasteiger partial charge on any atom is 0.310 e. The monoisotopic (exact) mass is 238 g/mol. The van der Waals surface area contributed by atoms with Gasteiger partial charge in [-0.15, -0.1) is 0 Å². The summed E-state index contributed by atoms with van der Waals surface area (Å²) in [5.74, 6) is 0.360. The van der Waals surface area contributed by atoms with Crippen LogP contribution in [0, 0.1) is 12.8 Å². The molecule has 0 fully saturated rings. The van der Waals surface area contributed by atoms with Gasteiger partial charge in [0.25, 0.3) is 0 Å². The Morgan fingerprint density at radius 1 is 1.47 bits per heavy atom. The number of hydrogen-bond donors (Lipinski definition) is 0. The van der Waals surface area contributed by atoms with E-state index in [-0.39, 0.29) is 5.97 Å². The lowest BCUT2D eigenvalue weighted by Crippen LogP contribution is -2.10. The van der Waals surface area contributed by atoms with E-state index in [1.165, 1.54) is 0 Å². The van der Waals surface area contributed by atoms with Crippen LogP contribution in [0.2, 0.25) is 0 Å². The van der Waals surface area contributed by atoms with Crippen molar-refractivity contribution in [2.45, 2.75) is 40.5 Å².